The van der Waals surface area contributed by atoms with Crippen LogP contribution in [-0.2, 0) is 6.61 Å². The van der Waals surface area contributed by atoms with Gasteiger partial charge in [-0.25, -0.2) is 10.1 Å². The summed E-state index contributed by atoms with van der Waals surface area (Å²) in [6.07, 6.45) is 4.84. The van der Waals surface area contributed by atoms with E-state index in [4.69, 9.17) is 9.72 Å². The molecule has 0 radical (unpaired) electrons. The Morgan fingerprint density at radius 3 is 2.68 bits per heavy atom. The topological polar surface area (TPSA) is 74.9 Å². The molecule has 0 saturated heterocycles. The third kappa shape index (κ3) is 3.83. The highest BCUT2D eigenvalue weighted by Gasteiger charge is 2.13. The van der Waals surface area contributed by atoms with Crippen molar-refractivity contribution in [2.24, 2.45) is 0 Å². The molecule has 0 unspecified atom stereocenters. The Hall–Kier alpha value is -4.19. The molecule has 0 bridgehead atoms. The van der Waals surface area contributed by atoms with Crippen LogP contribution in [0.15, 0.2) is 85.3 Å². The van der Waals surface area contributed by atoms with Crippen molar-refractivity contribution in [2.45, 2.75) is 13.5 Å². The van der Waals surface area contributed by atoms with Gasteiger partial charge in [0.1, 0.15) is 6.61 Å². The minimum Gasteiger partial charge on any atom is -0.473 e. The second-order valence-electron chi connectivity index (χ2n) is 7.42. The largest absolute Gasteiger partial charge is 0.473 e. The summed E-state index contributed by atoms with van der Waals surface area (Å²) in [6, 6.07) is 22.2. The van der Waals surface area contributed by atoms with Crippen LogP contribution in [0.5, 0.6) is 5.88 Å². The molecular weight excluding hydrogens is 388 g/mol. The first-order valence-corrected chi connectivity index (χ1v) is 10.0. The molecule has 0 saturated carbocycles. The van der Waals surface area contributed by atoms with E-state index in [1.807, 2.05) is 36.4 Å². The van der Waals surface area contributed by atoms with Crippen molar-refractivity contribution >= 4 is 10.9 Å². The molecule has 0 spiro atoms. The number of rotatable bonds is 5. The van der Waals surface area contributed by atoms with Crippen molar-refractivity contribution in [3.8, 4) is 28.3 Å². The lowest BCUT2D eigenvalue weighted by atomic mass is 10.0. The summed E-state index contributed by atoms with van der Waals surface area (Å²) in [5.41, 5.74) is 6.83. The fraction of sp³-hybridized carbons (Fsp3) is 0.0800. The van der Waals surface area contributed by atoms with Gasteiger partial charge in [-0.3, -0.25) is 5.21 Å². The molecule has 152 valence electrons. The Balaban J connectivity index is 1.34. The normalized spacial score (nSPS) is 11.0. The highest BCUT2D eigenvalue weighted by Crippen LogP contribution is 2.28. The number of pyridine rings is 2. The van der Waals surface area contributed by atoms with E-state index in [0.717, 1.165) is 49.1 Å². The zero-order valence-corrected chi connectivity index (χ0v) is 17.0. The third-order valence-corrected chi connectivity index (χ3v) is 5.23. The minimum atomic E-state index is 0.394. The highest BCUT2D eigenvalue weighted by molar-refractivity contribution is 5.83. The lowest BCUT2D eigenvalue weighted by Gasteiger charge is -2.09. The van der Waals surface area contributed by atoms with E-state index >= 15 is 0 Å². The molecule has 2 aromatic carbocycles. The molecular formula is C25H21N4O2+. The number of aryl methyl sites for hydroxylation is 1. The van der Waals surface area contributed by atoms with Crippen LogP contribution in [0.1, 0.15) is 11.1 Å². The summed E-state index contributed by atoms with van der Waals surface area (Å²) >= 11 is 0. The van der Waals surface area contributed by atoms with E-state index in [-0.39, 0.29) is 0 Å². The summed E-state index contributed by atoms with van der Waals surface area (Å²) in [5.74, 6) is 0.558. The lowest BCUT2D eigenvalue weighted by molar-refractivity contribution is -0.904. The number of hydrogen-bond acceptors (Lipinski definition) is 4. The van der Waals surface area contributed by atoms with Crippen molar-refractivity contribution in [1.82, 2.24) is 15.2 Å². The number of aromatic nitrogens is 4. The standard InChI is InChI=1S/C25H21N4O2/c1-17-13-20-5-2-3-7-23(20)27-24(17)19-10-8-18(9-11-19)16-31-25-22(14-26-28-25)21-6-4-12-29(30)15-21/h2-15,30H,16H2,1H3,(H,26,28)/q+1. The van der Waals surface area contributed by atoms with Crippen LogP contribution in [-0.4, -0.2) is 20.4 Å². The van der Waals surface area contributed by atoms with Crippen LogP contribution in [0.2, 0.25) is 0 Å². The zero-order chi connectivity index (χ0) is 21.2. The van der Waals surface area contributed by atoms with Gasteiger partial charge in [0.25, 0.3) is 0 Å². The van der Waals surface area contributed by atoms with E-state index in [9.17, 15) is 5.21 Å². The quantitative estimate of drug-likeness (QED) is 0.326. The van der Waals surface area contributed by atoms with E-state index < -0.39 is 0 Å². The molecule has 5 aromatic rings. The predicted molar refractivity (Wildman–Crippen MR) is 118 cm³/mol. The number of para-hydroxylation sites is 1. The van der Waals surface area contributed by atoms with Gasteiger partial charge in [-0.05, 0) is 36.2 Å². The number of fused-ring (bicyclic) bond motifs is 1. The van der Waals surface area contributed by atoms with Gasteiger partial charge in [0.15, 0.2) is 0 Å². The molecule has 5 rings (SSSR count). The van der Waals surface area contributed by atoms with Crippen LogP contribution in [0.3, 0.4) is 0 Å². The molecule has 0 aliphatic rings. The molecule has 6 heteroatoms. The van der Waals surface area contributed by atoms with Gasteiger partial charge in [-0.2, -0.15) is 5.10 Å². The molecule has 0 amide bonds. The van der Waals surface area contributed by atoms with Gasteiger partial charge in [0.05, 0.1) is 28.5 Å². The average molecular weight is 409 g/mol. The number of benzene rings is 2. The molecule has 3 aromatic heterocycles. The number of aromatic amines is 1. The van der Waals surface area contributed by atoms with Crippen LogP contribution < -0.4 is 9.47 Å². The number of ether oxygens (including phenoxy) is 1. The van der Waals surface area contributed by atoms with Gasteiger partial charge >= 0.3 is 0 Å². The summed E-state index contributed by atoms with van der Waals surface area (Å²) in [5, 5.41) is 17.8. The maximum Gasteiger partial charge on any atom is 0.230 e. The fourth-order valence-corrected chi connectivity index (χ4v) is 3.64. The van der Waals surface area contributed by atoms with E-state index in [1.54, 1.807) is 24.7 Å². The minimum absolute atomic E-state index is 0.394. The molecule has 2 N–H and O–H groups in total. The summed E-state index contributed by atoms with van der Waals surface area (Å²) in [4.78, 5) is 4.85. The maximum absolute atomic E-state index is 9.65. The fourth-order valence-electron chi connectivity index (χ4n) is 3.64. The van der Waals surface area contributed by atoms with E-state index in [2.05, 4.69) is 41.4 Å². The lowest BCUT2D eigenvalue weighted by Crippen LogP contribution is -2.28. The van der Waals surface area contributed by atoms with E-state index in [0.29, 0.717) is 12.5 Å². The van der Waals surface area contributed by atoms with Crippen LogP contribution in [0, 0.1) is 6.92 Å². The van der Waals surface area contributed by atoms with Gasteiger partial charge in [-0.15, -0.1) is 0 Å². The Kier molecular flexibility index (Phi) is 4.80. The van der Waals surface area contributed by atoms with Crippen LogP contribution in [0.4, 0.5) is 0 Å². The third-order valence-electron chi connectivity index (χ3n) is 5.23. The first-order chi connectivity index (χ1) is 15.2. The number of H-pyrrole nitrogens is 1. The summed E-state index contributed by atoms with van der Waals surface area (Å²) in [7, 11) is 0. The number of hydrogen-bond donors (Lipinski definition) is 2. The molecule has 0 fully saturated rings. The highest BCUT2D eigenvalue weighted by atomic mass is 16.5. The second-order valence-corrected chi connectivity index (χ2v) is 7.42. The number of nitrogens with zero attached hydrogens (tertiary/aromatic N) is 3. The van der Waals surface area contributed by atoms with Crippen molar-refractivity contribution in [3.05, 3.63) is 96.4 Å². The Morgan fingerprint density at radius 2 is 1.84 bits per heavy atom. The average Bonchev–Trinajstić information content (AvgIpc) is 3.26. The van der Waals surface area contributed by atoms with Crippen molar-refractivity contribution in [2.75, 3.05) is 0 Å². The molecule has 3 heterocycles. The SMILES string of the molecule is Cc1cc2ccccc2nc1-c1ccc(COc2[nH]ncc2-c2ccc[n+](O)c2)cc1. The first-order valence-electron chi connectivity index (χ1n) is 10.0. The molecule has 0 aliphatic heterocycles. The Labute approximate surface area is 179 Å². The molecule has 6 nitrogen and oxygen atoms in total. The molecule has 31 heavy (non-hydrogen) atoms. The summed E-state index contributed by atoms with van der Waals surface area (Å²) in [6.45, 7) is 2.48. The van der Waals surface area contributed by atoms with Gasteiger partial charge in [-0.1, -0.05) is 42.5 Å². The predicted octanol–water partition coefficient (Wildman–Crippen LogP) is 4.70. The number of nitrogens with one attached hydrogen (secondary N) is 1. The van der Waals surface area contributed by atoms with Crippen LogP contribution >= 0.6 is 0 Å². The van der Waals surface area contributed by atoms with Gasteiger partial charge in [0, 0.05) is 21.7 Å². The molecule has 0 atom stereocenters. The van der Waals surface area contributed by atoms with Gasteiger partial charge < -0.3 is 4.74 Å². The summed E-state index contributed by atoms with van der Waals surface area (Å²) < 4.78 is 6.97. The Morgan fingerprint density at radius 1 is 1.00 bits per heavy atom. The van der Waals surface area contributed by atoms with E-state index in [1.165, 1.54) is 0 Å². The smallest absolute Gasteiger partial charge is 0.230 e. The maximum atomic E-state index is 9.65. The second kappa shape index (κ2) is 7.91. The van der Waals surface area contributed by atoms with Crippen LogP contribution in [0.25, 0.3) is 33.3 Å². The first kappa shape index (κ1) is 18.8. The van der Waals surface area contributed by atoms with Gasteiger partial charge in [0.2, 0.25) is 18.3 Å². The van der Waals surface area contributed by atoms with Crippen molar-refractivity contribution in [1.29, 1.82) is 0 Å². The molecule has 0 aliphatic carbocycles. The Bertz CT molecular complexity index is 1360. The van der Waals surface area contributed by atoms with Crippen molar-refractivity contribution in [3.63, 3.8) is 0 Å². The van der Waals surface area contributed by atoms with Crippen molar-refractivity contribution < 1.29 is 14.7 Å². The monoisotopic (exact) mass is 409 g/mol. The zero-order valence-electron chi connectivity index (χ0n) is 17.0.